The van der Waals surface area contributed by atoms with Crippen molar-refractivity contribution < 1.29 is 4.74 Å². The van der Waals surface area contributed by atoms with Crippen LogP contribution in [0.15, 0.2) is 0 Å². The van der Waals surface area contributed by atoms with Crippen LogP contribution >= 0.6 is 0 Å². The number of ether oxygens (including phenoxy) is 1. The van der Waals surface area contributed by atoms with E-state index in [1.165, 1.54) is 19.3 Å². The molecule has 1 aliphatic heterocycles. The Morgan fingerprint density at radius 2 is 2.09 bits per heavy atom. The Bertz CT molecular complexity index is 128. The first-order chi connectivity index (χ1) is 5.42. The molecule has 0 spiro atoms. The molecule has 0 amide bonds. The summed E-state index contributed by atoms with van der Waals surface area (Å²) in [4.78, 5) is 0. The SMILES string of the molecule is CNC(C1CC1)C1CCOC1. The molecule has 0 radical (unpaired) electrons. The lowest BCUT2D eigenvalue weighted by atomic mass is 9.95. The average molecular weight is 155 g/mol. The van der Waals surface area contributed by atoms with Crippen LogP contribution in [0.25, 0.3) is 0 Å². The summed E-state index contributed by atoms with van der Waals surface area (Å²) in [6.07, 6.45) is 4.13. The van der Waals surface area contributed by atoms with Gasteiger partial charge in [-0.1, -0.05) is 0 Å². The summed E-state index contributed by atoms with van der Waals surface area (Å²) < 4.78 is 5.38. The maximum absolute atomic E-state index is 5.38. The van der Waals surface area contributed by atoms with E-state index in [0.717, 1.165) is 31.1 Å². The van der Waals surface area contributed by atoms with Crippen LogP contribution in [0.1, 0.15) is 19.3 Å². The van der Waals surface area contributed by atoms with Crippen molar-refractivity contribution in [3.8, 4) is 0 Å². The monoisotopic (exact) mass is 155 g/mol. The van der Waals surface area contributed by atoms with Gasteiger partial charge in [0.15, 0.2) is 0 Å². The molecule has 1 heterocycles. The third-order valence-electron chi connectivity index (χ3n) is 2.94. The van der Waals surface area contributed by atoms with Crippen LogP contribution in [0.4, 0.5) is 0 Å². The fraction of sp³-hybridized carbons (Fsp3) is 1.00. The van der Waals surface area contributed by atoms with Gasteiger partial charge >= 0.3 is 0 Å². The summed E-state index contributed by atoms with van der Waals surface area (Å²) in [5.74, 6) is 1.76. The van der Waals surface area contributed by atoms with Crippen molar-refractivity contribution >= 4 is 0 Å². The third-order valence-corrected chi connectivity index (χ3v) is 2.94. The molecule has 2 nitrogen and oxygen atoms in total. The number of hydrogen-bond acceptors (Lipinski definition) is 2. The van der Waals surface area contributed by atoms with Gasteiger partial charge in [0.1, 0.15) is 0 Å². The van der Waals surface area contributed by atoms with Gasteiger partial charge in [0.05, 0.1) is 6.61 Å². The summed E-state index contributed by atoms with van der Waals surface area (Å²) in [7, 11) is 2.08. The molecule has 1 aliphatic carbocycles. The van der Waals surface area contributed by atoms with Crippen LogP contribution in [0.5, 0.6) is 0 Å². The second kappa shape index (κ2) is 3.11. The zero-order valence-electron chi connectivity index (χ0n) is 7.18. The highest BCUT2D eigenvalue weighted by molar-refractivity contribution is 4.91. The molecule has 0 aromatic heterocycles. The molecular weight excluding hydrogens is 138 g/mol. The van der Waals surface area contributed by atoms with E-state index in [2.05, 4.69) is 12.4 Å². The predicted molar refractivity (Wildman–Crippen MR) is 44.5 cm³/mol. The van der Waals surface area contributed by atoms with Crippen molar-refractivity contribution in [3.63, 3.8) is 0 Å². The minimum absolute atomic E-state index is 0.748. The Kier molecular flexibility index (Phi) is 2.14. The maximum atomic E-state index is 5.38. The highest BCUT2D eigenvalue weighted by Crippen LogP contribution is 2.37. The largest absolute Gasteiger partial charge is 0.381 e. The quantitative estimate of drug-likeness (QED) is 0.657. The Labute approximate surface area is 68.3 Å². The normalized spacial score (nSPS) is 34.1. The van der Waals surface area contributed by atoms with Crippen molar-refractivity contribution in [1.82, 2.24) is 5.32 Å². The van der Waals surface area contributed by atoms with Crippen LogP contribution in [0.3, 0.4) is 0 Å². The molecule has 2 heteroatoms. The van der Waals surface area contributed by atoms with Gasteiger partial charge in [0, 0.05) is 18.6 Å². The number of rotatable bonds is 3. The Morgan fingerprint density at radius 1 is 1.27 bits per heavy atom. The van der Waals surface area contributed by atoms with E-state index in [9.17, 15) is 0 Å². The Balaban J connectivity index is 1.87. The second-order valence-electron chi connectivity index (χ2n) is 3.78. The van der Waals surface area contributed by atoms with E-state index in [-0.39, 0.29) is 0 Å². The van der Waals surface area contributed by atoms with Gasteiger partial charge in [0.25, 0.3) is 0 Å². The zero-order valence-corrected chi connectivity index (χ0v) is 7.18. The first kappa shape index (κ1) is 7.56. The molecule has 0 aromatic carbocycles. The van der Waals surface area contributed by atoms with Gasteiger partial charge in [-0.2, -0.15) is 0 Å². The fourth-order valence-electron chi connectivity index (χ4n) is 2.15. The molecule has 2 rings (SSSR count). The van der Waals surface area contributed by atoms with Crippen LogP contribution in [-0.2, 0) is 4.74 Å². The molecular formula is C9H17NO. The lowest BCUT2D eigenvalue weighted by Gasteiger charge is -2.20. The van der Waals surface area contributed by atoms with Crippen molar-refractivity contribution in [1.29, 1.82) is 0 Å². The lowest BCUT2D eigenvalue weighted by molar-refractivity contribution is 0.174. The molecule has 1 saturated heterocycles. The van der Waals surface area contributed by atoms with E-state index < -0.39 is 0 Å². The third kappa shape index (κ3) is 1.57. The van der Waals surface area contributed by atoms with Gasteiger partial charge in [-0.3, -0.25) is 0 Å². The topological polar surface area (TPSA) is 21.3 Å². The van der Waals surface area contributed by atoms with Crippen LogP contribution < -0.4 is 5.32 Å². The highest BCUT2D eigenvalue weighted by atomic mass is 16.5. The first-order valence-electron chi connectivity index (χ1n) is 4.67. The first-order valence-corrected chi connectivity index (χ1v) is 4.67. The van der Waals surface area contributed by atoms with E-state index >= 15 is 0 Å². The molecule has 0 bridgehead atoms. The van der Waals surface area contributed by atoms with E-state index in [1.54, 1.807) is 0 Å². The smallest absolute Gasteiger partial charge is 0.0510 e. The number of nitrogens with one attached hydrogen (secondary N) is 1. The summed E-state index contributed by atoms with van der Waals surface area (Å²) in [6, 6.07) is 0.748. The summed E-state index contributed by atoms with van der Waals surface area (Å²) >= 11 is 0. The molecule has 1 N–H and O–H groups in total. The zero-order chi connectivity index (χ0) is 7.68. The van der Waals surface area contributed by atoms with Crippen LogP contribution in [0.2, 0.25) is 0 Å². The van der Waals surface area contributed by atoms with Gasteiger partial charge < -0.3 is 10.1 Å². The molecule has 64 valence electrons. The van der Waals surface area contributed by atoms with Crippen molar-refractivity contribution in [2.75, 3.05) is 20.3 Å². The average Bonchev–Trinajstić information content (AvgIpc) is 2.68. The Hall–Kier alpha value is -0.0800. The van der Waals surface area contributed by atoms with Crippen molar-refractivity contribution in [3.05, 3.63) is 0 Å². The second-order valence-corrected chi connectivity index (χ2v) is 3.78. The van der Waals surface area contributed by atoms with E-state index in [4.69, 9.17) is 4.74 Å². The molecule has 2 fully saturated rings. The standard InChI is InChI=1S/C9H17NO/c1-10-9(7-2-3-7)8-4-5-11-6-8/h7-10H,2-6H2,1H3. The molecule has 2 unspecified atom stereocenters. The minimum Gasteiger partial charge on any atom is -0.381 e. The molecule has 1 saturated carbocycles. The van der Waals surface area contributed by atoms with E-state index in [1.807, 2.05) is 0 Å². The highest BCUT2D eigenvalue weighted by Gasteiger charge is 2.36. The van der Waals surface area contributed by atoms with E-state index in [0.29, 0.717) is 0 Å². The van der Waals surface area contributed by atoms with Gasteiger partial charge in [-0.15, -0.1) is 0 Å². The molecule has 2 atom stereocenters. The lowest BCUT2D eigenvalue weighted by Crippen LogP contribution is -2.35. The number of hydrogen-bond donors (Lipinski definition) is 1. The summed E-state index contributed by atoms with van der Waals surface area (Å²) in [5, 5.41) is 3.43. The summed E-state index contributed by atoms with van der Waals surface area (Å²) in [5.41, 5.74) is 0. The molecule has 2 aliphatic rings. The van der Waals surface area contributed by atoms with Crippen molar-refractivity contribution in [2.45, 2.75) is 25.3 Å². The molecule has 11 heavy (non-hydrogen) atoms. The fourth-order valence-corrected chi connectivity index (χ4v) is 2.15. The summed E-state index contributed by atoms with van der Waals surface area (Å²) in [6.45, 7) is 1.97. The van der Waals surface area contributed by atoms with Gasteiger partial charge in [-0.05, 0) is 32.2 Å². The maximum Gasteiger partial charge on any atom is 0.0510 e. The Morgan fingerprint density at radius 3 is 2.55 bits per heavy atom. The predicted octanol–water partition coefficient (Wildman–Crippen LogP) is 1.02. The molecule has 0 aromatic rings. The minimum atomic E-state index is 0.748. The van der Waals surface area contributed by atoms with Gasteiger partial charge in [0.2, 0.25) is 0 Å². The van der Waals surface area contributed by atoms with Crippen LogP contribution in [0, 0.1) is 11.8 Å². The van der Waals surface area contributed by atoms with Crippen LogP contribution in [-0.4, -0.2) is 26.3 Å². The van der Waals surface area contributed by atoms with Crippen molar-refractivity contribution in [2.24, 2.45) is 11.8 Å². The van der Waals surface area contributed by atoms with Gasteiger partial charge in [-0.25, -0.2) is 0 Å².